The van der Waals surface area contributed by atoms with Crippen LogP contribution in [0.1, 0.15) is 5.56 Å². The number of hydrogen-bond donors (Lipinski definition) is 0. The Balaban J connectivity index is 2.66. The Bertz CT molecular complexity index is 508. The maximum Gasteiger partial charge on any atom is -0.0111 e. The van der Waals surface area contributed by atoms with E-state index in [4.69, 9.17) is 6.42 Å². The minimum Gasteiger partial charge on any atom is -0.115 e. The fourth-order valence-electron chi connectivity index (χ4n) is 1.53. The lowest BCUT2D eigenvalue weighted by molar-refractivity contribution is 1.71. The third kappa shape index (κ3) is 1.53. The van der Waals surface area contributed by atoms with Crippen molar-refractivity contribution in [1.29, 1.82) is 0 Å². The molecule has 0 aliphatic carbocycles. The third-order valence-corrected chi connectivity index (χ3v) is 2.18. The molecule has 0 radical (unpaired) electrons. The van der Waals surface area contributed by atoms with Crippen molar-refractivity contribution in [3.05, 3.63) is 54.1 Å². The van der Waals surface area contributed by atoms with Gasteiger partial charge < -0.3 is 0 Å². The van der Waals surface area contributed by atoms with Crippen molar-refractivity contribution in [3.63, 3.8) is 0 Å². The zero-order valence-electron chi connectivity index (χ0n) is 7.77. The van der Waals surface area contributed by atoms with Crippen LogP contribution in [-0.4, -0.2) is 0 Å². The van der Waals surface area contributed by atoms with Crippen LogP contribution in [0.4, 0.5) is 0 Å². The zero-order valence-corrected chi connectivity index (χ0v) is 7.77. The van der Waals surface area contributed by atoms with Crippen LogP contribution in [0, 0.1) is 12.3 Å². The second-order valence-electron chi connectivity index (χ2n) is 3.07. The molecule has 0 spiro atoms. The van der Waals surface area contributed by atoms with E-state index < -0.39 is 0 Å². The molecular weight excluding hydrogens is 168 g/mol. The van der Waals surface area contributed by atoms with Gasteiger partial charge in [0, 0.05) is 0 Å². The van der Waals surface area contributed by atoms with Crippen LogP contribution < -0.4 is 0 Å². The van der Waals surface area contributed by atoms with Crippen molar-refractivity contribution in [3.8, 4) is 12.3 Å². The van der Waals surface area contributed by atoms with Crippen molar-refractivity contribution < 1.29 is 0 Å². The fraction of sp³-hybridized carbons (Fsp3) is 0. The summed E-state index contributed by atoms with van der Waals surface area (Å²) < 4.78 is 0. The van der Waals surface area contributed by atoms with Crippen molar-refractivity contribution in [2.24, 2.45) is 0 Å². The highest BCUT2D eigenvalue weighted by atomic mass is 14.0. The number of benzene rings is 2. The van der Waals surface area contributed by atoms with Gasteiger partial charge in [-0.15, -0.1) is 6.42 Å². The maximum atomic E-state index is 5.18. The summed E-state index contributed by atoms with van der Waals surface area (Å²) in [5, 5.41) is 2.48. The van der Waals surface area contributed by atoms with E-state index >= 15 is 0 Å². The Morgan fingerprint density at radius 1 is 1.00 bits per heavy atom. The summed E-state index contributed by atoms with van der Waals surface area (Å²) in [6.07, 6.45) is 8.87. The van der Waals surface area contributed by atoms with Gasteiger partial charge in [-0.2, -0.15) is 0 Å². The number of allylic oxidation sites excluding steroid dienone is 1. The number of fused-ring (bicyclic) bond motifs is 1. The summed E-state index contributed by atoms with van der Waals surface area (Å²) in [4.78, 5) is 0. The maximum absolute atomic E-state index is 5.18. The smallest absolute Gasteiger partial charge is 0.0111 e. The van der Waals surface area contributed by atoms with E-state index in [1.807, 2.05) is 24.3 Å². The summed E-state index contributed by atoms with van der Waals surface area (Å²) in [7, 11) is 0. The summed E-state index contributed by atoms with van der Waals surface area (Å²) in [5.74, 6) is 2.50. The van der Waals surface area contributed by atoms with E-state index in [1.54, 1.807) is 6.08 Å². The van der Waals surface area contributed by atoms with Gasteiger partial charge in [-0.3, -0.25) is 0 Å². The molecule has 0 heterocycles. The first-order valence-electron chi connectivity index (χ1n) is 4.52. The molecule has 0 N–H and O–H groups in total. The Morgan fingerprint density at radius 3 is 2.64 bits per heavy atom. The van der Waals surface area contributed by atoms with Crippen LogP contribution in [0.5, 0.6) is 0 Å². The lowest BCUT2D eigenvalue weighted by Gasteiger charge is -2.00. The molecule has 0 nitrogen and oxygen atoms in total. The monoisotopic (exact) mass is 178 g/mol. The van der Waals surface area contributed by atoms with Gasteiger partial charge in [-0.1, -0.05) is 48.4 Å². The molecule has 0 saturated carbocycles. The van der Waals surface area contributed by atoms with Crippen molar-refractivity contribution in [2.75, 3.05) is 0 Å². The molecule has 0 aliphatic rings. The molecule has 0 bridgehead atoms. The van der Waals surface area contributed by atoms with Gasteiger partial charge in [0.25, 0.3) is 0 Å². The predicted molar refractivity (Wildman–Crippen MR) is 61.8 cm³/mol. The third-order valence-electron chi connectivity index (χ3n) is 2.18. The SMILES string of the molecule is C#C/C=C/c1cccc2ccccc12. The van der Waals surface area contributed by atoms with E-state index in [0.29, 0.717) is 0 Å². The second kappa shape index (κ2) is 3.81. The van der Waals surface area contributed by atoms with Crippen molar-refractivity contribution >= 4 is 16.8 Å². The number of hydrogen-bond acceptors (Lipinski definition) is 0. The van der Waals surface area contributed by atoms with E-state index in [0.717, 1.165) is 0 Å². The average molecular weight is 178 g/mol. The number of terminal acetylenes is 1. The lowest BCUT2D eigenvalue weighted by Crippen LogP contribution is -1.76. The zero-order chi connectivity index (χ0) is 9.80. The van der Waals surface area contributed by atoms with Crippen LogP contribution in [0.2, 0.25) is 0 Å². The van der Waals surface area contributed by atoms with Gasteiger partial charge in [0.2, 0.25) is 0 Å². The van der Waals surface area contributed by atoms with E-state index in [9.17, 15) is 0 Å². The average Bonchev–Trinajstić information content (AvgIpc) is 2.26. The Labute approximate surface area is 83.9 Å². The molecule has 66 valence electrons. The quantitative estimate of drug-likeness (QED) is 0.586. The van der Waals surface area contributed by atoms with E-state index in [-0.39, 0.29) is 0 Å². The van der Waals surface area contributed by atoms with Crippen molar-refractivity contribution in [2.45, 2.75) is 0 Å². The molecule has 2 rings (SSSR count). The van der Waals surface area contributed by atoms with Gasteiger partial charge in [0.05, 0.1) is 0 Å². The molecule has 14 heavy (non-hydrogen) atoms. The summed E-state index contributed by atoms with van der Waals surface area (Å²) >= 11 is 0. The highest BCUT2D eigenvalue weighted by Crippen LogP contribution is 2.19. The van der Waals surface area contributed by atoms with Gasteiger partial charge in [-0.05, 0) is 28.5 Å². The Kier molecular flexibility index (Phi) is 2.34. The van der Waals surface area contributed by atoms with E-state index in [1.165, 1.54) is 16.3 Å². The Morgan fingerprint density at radius 2 is 1.79 bits per heavy atom. The van der Waals surface area contributed by atoms with Crippen LogP contribution in [0.25, 0.3) is 16.8 Å². The topological polar surface area (TPSA) is 0 Å². The van der Waals surface area contributed by atoms with Crippen LogP contribution in [-0.2, 0) is 0 Å². The van der Waals surface area contributed by atoms with Crippen LogP contribution in [0.3, 0.4) is 0 Å². The fourth-order valence-corrected chi connectivity index (χ4v) is 1.53. The highest BCUT2D eigenvalue weighted by Gasteiger charge is 1.94. The second-order valence-corrected chi connectivity index (χ2v) is 3.07. The van der Waals surface area contributed by atoms with Gasteiger partial charge >= 0.3 is 0 Å². The lowest BCUT2D eigenvalue weighted by atomic mass is 10.0. The molecule has 0 atom stereocenters. The minimum atomic E-state index is 1.17. The van der Waals surface area contributed by atoms with Gasteiger partial charge in [0.15, 0.2) is 0 Å². The van der Waals surface area contributed by atoms with Gasteiger partial charge in [0.1, 0.15) is 0 Å². The molecule has 2 aromatic rings. The minimum absolute atomic E-state index is 1.17. The van der Waals surface area contributed by atoms with Crippen LogP contribution in [0.15, 0.2) is 48.5 Å². The molecule has 0 heteroatoms. The molecule has 0 aliphatic heterocycles. The first-order valence-corrected chi connectivity index (χ1v) is 4.52. The molecule has 0 aromatic heterocycles. The summed E-state index contributed by atoms with van der Waals surface area (Å²) in [6, 6.07) is 14.5. The summed E-state index contributed by atoms with van der Waals surface area (Å²) in [5.41, 5.74) is 1.17. The molecule has 0 saturated heterocycles. The van der Waals surface area contributed by atoms with E-state index in [2.05, 4.69) is 30.2 Å². The van der Waals surface area contributed by atoms with Gasteiger partial charge in [-0.25, -0.2) is 0 Å². The predicted octanol–water partition coefficient (Wildman–Crippen LogP) is 3.49. The molecule has 0 amide bonds. The Hall–Kier alpha value is -2.00. The van der Waals surface area contributed by atoms with Crippen LogP contribution >= 0.6 is 0 Å². The largest absolute Gasteiger partial charge is 0.115 e. The highest BCUT2D eigenvalue weighted by molar-refractivity contribution is 5.90. The summed E-state index contributed by atoms with van der Waals surface area (Å²) in [6.45, 7) is 0. The first-order chi connectivity index (χ1) is 6.92. The first kappa shape index (κ1) is 8.59. The normalized spacial score (nSPS) is 10.5. The van der Waals surface area contributed by atoms with Crippen molar-refractivity contribution in [1.82, 2.24) is 0 Å². The molecule has 0 fully saturated rings. The standard InChI is InChI=1S/C14H10/c1-2-3-7-12-9-6-10-13-8-4-5-11-14(12)13/h1,3-11H/b7-3+. The number of rotatable bonds is 1. The molecular formula is C14H10. The molecule has 2 aromatic carbocycles. The molecule has 0 unspecified atom stereocenters.